The van der Waals surface area contributed by atoms with Crippen LogP contribution in [0.1, 0.15) is 28.1 Å². The van der Waals surface area contributed by atoms with E-state index in [0.29, 0.717) is 27.7 Å². The molecular weight excluding hydrogens is 519 g/mol. The molecule has 0 bridgehead atoms. The van der Waals surface area contributed by atoms with E-state index >= 15 is 0 Å². The molecule has 5 aromatic rings. The highest BCUT2D eigenvalue weighted by atomic mass is 35.5. The van der Waals surface area contributed by atoms with E-state index in [-0.39, 0.29) is 23.3 Å². The lowest BCUT2D eigenvalue weighted by Crippen LogP contribution is -2.31. The van der Waals surface area contributed by atoms with Crippen LogP contribution in [-0.4, -0.2) is 31.5 Å². The zero-order valence-corrected chi connectivity index (χ0v) is 21.8. The fourth-order valence-corrected chi connectivity index (χ4v) is 5.23. The lowest BCUT2D eigenvalue weighted by Gasteiger charge is -2.15. The van der Waals surface area contributed by atoms with Crippen molar-refractivity contribution in [1.29, 1.82) is 0 Å². The first kappa shape index (κ1) is 24.6. The van der Waals surface area contributed by atoms with Crippen LogP contribution in [0.25, 0.3) is 27.7 Å². The van der Waals surface area contributed by atoms with E-state index in [2.05, 4.69) is 10.1 Å². The van der Waals surface area contributed by atoms with Gasteiger partial charge in [0.05, 0.1) is 34.6 Å². The van der Waals surface area contributed by atoms with Gasteiger partial charge in [-0.3, -0.25) is 24.4 Å². The van der Waals surface area contributed by atoms with Crippen molar-refractivity contribution in [3.63, 3.8) is 0 Å². The molecule has 9 heteroatoms. The summed E-state index contributed by atoms with van der Waals surface area (Å²) in [6.07, 6.45) is 0. The Morgan fingerprint density at radius 2 is 1.51 bits per heavy atom. The number of aromatic amines is 2. The lowest BCUT2D eigenvalue weighted by molar-refractivity contribution is -0.136. The average molecular weight is 541 g/mol. The second-order valence-electron chi connectivity index (χ2n) is 9.47. The van der Waals surface area contributed by atoms with E-state index < -0.39 is 23.2 Å². The first-order chi connectivity index (χ1) is 18.7. The van der Waals surface area contributed by atoms with E-state index in [9.17, 15) is 18.8 Å². The van der Waals surface area contributed by atoms with E-state index in [1.54, 1.807) is 31.2 Å². The number of halogens is 2. The molecule has 2 N–H and O–H groups in total. The molecule has 0 saturated carbocycles. The lowest BCUT2D eigenvalue weighted by atomic mass is 9.98. The van der Waals surface area contributed by atoms with Gasteiger partial charge in [-0.05, 0) is 67.4 Å². The standard InChI is InChI=1S/C30H22ClFN4O3/c1-16-22-5-3-4-6-23(22)33-27(16)26-25(28(37)35(29(26)38)15-18-7-11-20(32)12-8-18)24-17(2)34-36(30(24)39)21-13-9-19(31)10-14-21/h3-14,33-34H,15H2,1-2H3. The summed E-state index contributed by atoms with van der Waals surface area (Å²) in [5, 5.41) is 4.46. The zero-order valence-electron chi connectivity index (χ0n) is 21.0. The molecule has 194 valence electrons. The normalized spacial score (nSPS) is 13.8. The van der Waals surface area contributed by atoms with Gasteiger partial charge in [-0.1, -0.05) is 41.9 Å². The number of para-hydroxylation sites is 1. The molecule has 0 unspecified atom stereocenters. The number of hydrogen-bond donors (Lipinski definition) is 2. The van der Waals surface area contributed by atoms with Crippen LogP contribution in [0.3, 0.4) is 0 Å². The van der Waals surface area contributed by atoms with Crippen LogP contribution in [0.2, 0.25) is 5.02 Å². The Hall–Kier alpha value is -4.69. The summed E-state index contributed by atoms with van der Waals surface area (Å²) in [5.74, 6) is -1.55. The van der Waals surface area contributed by atoms with Crippen LogP contribution < -0.4 is 5.56 Å². The molecule has 3 aromatic carbocycles. The van der Waals surface area contributed by atoms with Crippen molar-refractivity contribution in [2.45, 2.75) is 20.4 Å². The number of imide groups is 1. The first-order valence-corrected chi connectivity index (χ1v) is 12.6. The van der Waals surface area contributed by atoms with Gasteiger partial charge in [0.2, 0.25) is 0 Å². The van der Waals surface area contributed by atoms with E-state index in [1.165, 1.54) is 28.9 Å². The Morgan fingerprint density at radius 3 is 2.21 bits per heavy atom. The number of aromatic nitrogens is 3. The van der Waals surface area contributed by atoms with Crippen molar-refractivity contribution in [3.05, 3.63) is 122 Å². The Kier molecular flexibility index (Phi) is 5.84. The molecule has 2 aromatic heterocycles. The maximum Gasteiger partial charge on any atom is 0.279 e. The van der Waals surface area contributed by atoms with Gasteiger partial charge in [-0.15, -0.1) is 0 Å². The van der Waals surface area contributed by atoms with Gasteiger partial charge in [0, 0.05) is 21.6 Å². The fourth-order valence-electron chi connectivity index (χ4n) is 5.10. The summed E-state index contributed by atoms with van der Waals surface area (Å²) >= 11 is 6.02. The third-order valence-electron chi connectivity index (χ3n) is 7.04. The summed E-state index contributed by atoms with van der Waals surface area (Å²) in [6, 6.07) is 19.9. The number of hydrogen-bond acceptors (Lipinski definition) is 3. The number of carbonyl (C=O) groups is 2. The van der Waals surface area contributed by atoms with Crippen LogP contribution in [0.4, 0.5) is 4.39 Å². The molecule has 0 saturated heterocycles. The number of amides is 2. The summed E-state index contributed by atoms with van der Waals surface area (Å²) in [6.45, 7) is 3.49. The third-order valence-corrected chi connectivity index (χ3v) is 7.30. The molecule has 0 radical (unpaired) electrons. The highest BCUT2D eigenvalue weighted by Crippen LogP contribution is 2.39. The van der Waals surface area contributed by atoms with Gasteiger partial charge < -0.3 is 4.98 Å². The smallest absolute Gasteiger partial charge is 0.279 e. The Morgan fingerprint density at radius 1 is 0.846 bits per heavy atom. The summed E-state index contributed by atoms with van der Waals surface area (Å²) in [7, 11) is 0. The average Bonchev–Trinajstić information content (AvgIpc) is 3.49. The van der Waals surface area contributed by atoms with E-state index in [4.69, 9.17) is 11.6 Å². The van der Waals surface area contributed by atoms with Crippen molar-refractivity contribution in [3.8, 4) is 5.69 Å². The first-order valence-electron chi connectivity index (χ1n) is 12.2. The van der Waals surface area contributed by atoms with Crippen molar-refractivity contribution < 1.29 is 14.0 Å². The Bertz CT molecular complexity index is 1880. The third kappa shape index (κ3) is 4.00. The zero-order chi connectivity index (χ0) is 27.4. The van der Waals surface area contributed by atoms with Gasteiger partial charge >= 0.3 is 0 Å². The number of fused-ring (bicyclic) bond motifs is 1. The molecule has 0 aliphatic carbocycles. The van der Waals surface area contributed by atoms with Crippen molar-refractivity contribution >= 4 is 45.5 Å². The van der Waals surface area contributed by atoms with E-state index in [1.807, 2.05) is 31.2 Å². The topological polar surface area (TPSA) is 91.0 Å². The monoisotopic (exact) mass is 540 g/mol. The molecule has 1 aliphatic heterocycles. The largest absolute Gasteiger partial charge is 0.354 e. The number of nitrogens with one attached hydrogen (secondary N) is 2. The molecule has 1 aliphatic rings. The molecule has 0 atom stereocenters. The number of rotatable bonds is 5. The summed E-state index contributed by atoms with van der Waals surface area (Å²) in [5.41, 5.74) is 3.39. The molecule has 3 heterocycles. The quantitative estimate of drug-likeness (QED) is 0.287. The number of carbonyl (C=O) groups excluding carboxylic acids is 2. The fraction of sp³-hybridized carbons (Fsp3) is 0.100. The van der Waals surface area contributed by atoms with Crippen molar-refractivity contribution in [2.75, 3.05) is 0 Å². The second-order valence-corrected chi connectivity index (χ2v) is 9.91. The van der Waals surface area contributed by atoms with Gasteiger partial charge in [0.25, 0.3) is 17.4 Å². The highest BCUT2D eigenvalue weighted by Gasteiger charge is 2.43. The van der Waals surface area contributed by atoms with Gasteiger partial charge in [-0.25, -0.2) is 9.07 Å². The molecule has 7 nitrogen and oxygen atoms in total. The highest BCUT2D eigenvalue weighted by molar-refractivity contribution is 6.49. The molecule has 39 heavy (non-hydrogen) atoms. The molecule has 2 amide bonds. The van der Waals surface area contributed by atoms with Crippen LogP contribution in [0.15, 0.2) is 77.6 Å². The van der Waals surface area contributed by atoms with Crippen molar-refractivity contribution in [2.24, 2.45) is 0 Å². The minimum atomic E-state index is -0.597. The summed E-state index contributed by atoms with van der Waals surface area (Å²) < 4.78 is 14.8. The SMILES string of the molecule is Cc1[nH]n(-c2ccc(Cl)cc2)c(=O)c1C1=C(c2[nH]c3ccccc3c2C)C(=O)N(Cc2ccc(F)cc2)C1=O. The second kappa shape index (κ2) is 9.25. The van der Waals surface area contributed by atoms with Crippen molar-refractivity contribution in [1.82, 2.24) is 19.7 Å². The van der Waals surface area contributed by atoms with Crippen LogP contribution >= 0.6 is 11.6 Å². The number of H-pyrrole nitrogens is 2. The van der Waals surface area contributed by atoms with Gasteiger partial charge in [0.1, 0.15) is 5.82 Å². The number of nitrogens with zero attached hydrogens (tertiary/aromatic N) is 2. The van der Waals surface area contributed by atoms with Crippen LogP contribution in [0.5, 0.6) is 0 Å². The minimum Gasteiger partial charge on any atom is -0.354 e. The number of benzene rings is 3. The maximum absolute atomic E-state index is 14.0. The van der Waals surface area contributed by atoms with E-state index in [0.717, 1.165) is 21.4 Å². The molecule has 0 fully saturated rings. The molecular formula is C30H22ClFN4O3. The minimum absolute atomic E-state index is 0.0169. The maximum atomic E-state index is 14.0. The predicted molar refractivity (Wildman–Crippen MR) is 148 cm³/mol. The molecule has 6 rings (SSSR count). The predicted octanol–water partition coefficient (Wildman–Crippen LogP) is 5.54. The van der Waals surface area contributed by atoms with Crippen LogP contribution in [-0.2, 0) is 16.1 Å². The molecule has 0 spiro atoms. The number of aryl methyl sites for hydroxylation is 2. The van der Waals surface area contributed by atoms with Crippen LogP contribution in [0, 0.1) is 19.7 Å². The Balaban J connectivity index is 1.56. The Labute approximate surface area is 227 Å². The summed E-state index contributed by atoms with van der Waals surface area (Å²) in [4.78, 5) is 46.1. The van der Waals surface area contributed by atoms with Gasteiger partial charge in [-0.2, -0.15) is 0 Å². The van der Waals surface area contributed by atoms with Gasteiger partial charge in [0.15, 0.2) is 0 Å².